The van der Waals surface area contributed by atoms with Gasteiger partial charge < -0.3 is 4.42 Å². The molecule has 0 fully saturated rings. The van der Waals surface area contributed by atoms with E-state index in [1.165, 1.54) is 22.9 Å². The van der Waals surface area contributed by atoms with Gasteiger partial charge in [-0.3, -0.25) is 13.8 Å². The number of thioether (sulfide) groups is 1. The van der Waals surface area contributed by atoms with Gasteiger partial charge in [0.05, 0.1) is 10.9 Å². The quantitative estimate of drug-likeness (QED) is 0.180. The van der Waals surface area contributed by atoms with Crippen molar-refractivity contribution in [3.8, 4) is 0 Å². The van der Waals surface area contributed by atoms with Crippen LogP contribution in [0.1, 0.15) is 49.3 Å². The fourth-order valence-corrected chi connectivity index (χ4v) is 6.04. The second kappa shape index (κ2) is 9.00. The van der Waals surface area contributed by atoms with Crippen LogP contribution in [-0.2, 0) is 25.1 Å². The highest BCUT2D eigenvalue weighted by molar-refractivity contribution is 7.98. The van der Waals surface area contributed by atoms with E-state index in [1.54, 1.807) is 10.6 Å². The summed E-state index contributed by atoms with van der Waals surface area (Å²) in [5, 5.41) is 11.2. The average Bonchev–Trinajstić information content (AvgIpc) is 3.50. The predicted molar refractivity (Wildman–Crippen MR) is 138 cm³/mol. The van der Waals surface area contributed by atoms with E-state index in [-0.39, 0.29) is 11.2 Å². The third kappa shape index (κ3) is 3.86. The van der Waals surface area contributed by atoms with Crippen molar-refractivity contribution >= 4 is 39.4 Å². The normalized spacial score (nSPS) is 13.3. The molecule has 5 aromatic rings. The first-order valence-electron chi connectivity index (χ1n) is 12.2. The molecule has 0 saturated carbocycles. The van der Waals surface area contributed by atoms with Gasteiger partial charge in [0, 0.05) is 23.8 Å². The largest absolute Gasteiger partial charge is 0.423 e. The molecule has 7 nitrogen and oxygen atoms in total. The zero-order valence-electron chi connectivity index (χ0n) is 19.6. The molecule has 3 heterocycles. The first kappa shape index (κ1) is 22.1. The van der Waals surface area contributed by atoms with Gasteiger partial charge in [-0.2, -0.15) is 0 Å². The summed E-state index contributed by atoms with van der Waals surface area (Å²) in [4.78, 5) is 25.5. The molecule has 0 saturated heterocycles. The van der Waals surface area contributed by atoms with Crippen molar-refractivity contribution in [2.24, 2.45) is 0 Å². The van der Waals surface area contributed by atoms with E-state index < -0.39 is 0 Å². The molecule has 0 unspecified atom stereocenters. The number of nitrogens with zero attached hydrogens (tertiary/aromatic N) is 4. The Kier molecular flexibility index (Phi) is 5.68. The number of aryl methyl sites for hydroxylation is 3. The predicted octanol–water partition coefficient (Wildman–Crippen LogP) is 5.12. The molecular weight excluding hydrogens is 460 g/mol. The van der Waals surface area contributed by atoms with Gasteiger partial charge in [-0.1, -0.05) is 43.7 Å². The van der Waals surface area contributed by atoms with Crippen molar-refractivity contribution in [2.75, 3.05) is 0 Å². The molecule has 0 spiro atoms. The van der Waals surface area contributed by atoms with Crippen molar-refractivity contribution in [1.29, 1.82) is 0 Å². The zero-order valence-corrected chi connectivity index (χ0v) is 20.4. The fourth-order valence-electron chi connectivity index (χ4n) is 5.10. The Morgan fingerprint density at radius 3 is 2.69 bits per heavy atom. The van der Waals surface area contributed by atoms with Gasteiger partial charge in [0.1, 0.15) is 5.58 Å². The summed E-state index contributed by atoms with van der Waals surface area (Å²) in [5.74, 6) is 1.10. The molecular formula is C27H26N4O3S. The van der Waals surface area contributed by atoms with E-state index in [0.717, 1.165) is 55.0 Å². The van der Waals surface area contributed by atoms with Crippen LogP contribution >= 0.6 is 11.8 Å². The molecule has 8 heteroatoms. The van der Waals surface area contributed by atoms with Crippen LogP contribution in [0.3, 0.4) is 0 Å². The van der Waals surface area contributed by atoms with Gasteiger partial charge in [0.15, 0.2) is 5.16 Å². The van der Waals surface area contributed by atoms with E-state index >= 15 is 0 Å². The second-order valence-corrected chi connectivity index (χ2v) is 10.1. The van der Waals surface area contributed by atoms with E-state index in [9.17, 15) is 9.59 Å². The summed E-state index contributed by atoms with van der Waals surface area (Å²) in [6.07, 6.45) is 6.28. The number of benzene rings is 2. The Morgan fingerprint density at radius 1 is 1.00 bits per heavy atom. The van der Waals surface area contributed by atoms with Crippen molar-refractivity contribution in [3.63, 3.8) is 0 Å². The maximum absolute atomic E-state index is 13.2. The van der Waals surface area contributed by atoms with Crippen LogP contribution < -0.4 is 11.2 Å². The van der Waals surface area contributed by atoms with Crippen molar-refractivity contribution in [2.45, 2.75) is 62.9 Å². The van der Waals surface area contributed by atoms with E-state index in [1.807, 2.05) is 34.7 Å². The standard InChI is InChI=1S/C27H26N4O3S/c1-2-3-6-12-30-25(33)20-10-4-5-11-22(20)31-26(30)28-29-27(31)35-16-19-15-24(32)34-23-14-18-9-7-8-17(18)13-21(19)23/h4-5,10-11,13-15H,2-3,6-9,12,16H2,1H3. The van der Waals surface area contributed by atoms with Crippen LogP contribution in [0.2, 0.25) is 0 Å². The molecule has 0 atom stereocenters. The number of fused-ring (bicyclic) bond motifs is 5. The van der Waals surface area contributed by atoms with E-state index in [2.05, 4.69) is 23.2 Å². The molecule has 0 bridgehead atoms. The van der Waals surface area contributed by atoms with Crippen molar-refractivity contribution in [1.82, 2.24) is 19.2 Å². The minimum Gasteiger partial charge on any atom is -0.423 e. The molecule has 1 aliphatic carbocycles. The summed E-state index contributed by atoms with van der Waals surface area (Å²) in [5.41, 5.74) is 4.61. The van der Waals surface area contributed by atoms with Crippen molar-refractivity contribution < 1.29 is 4.42 Å². The Bertz CT molecular complexity index is 1700. The lowest BCUT2D eigenvalue weighted by Crippen LogP contribution is -2.23. The smallest absolute Gasteiger partial charge is 0.336 e. The monoisotopic (exact) mass is 486 g/mol. The van der Waals surface area contributed by atoms with Crippen LogP contribution in [-0.4, -0.2) is 19.2 Å². The highest BCUT2D eigenvalue weighted by Crippen LogP contribution is 2.31. The lowest BCUT2D eigenvalue weighted by atomic mass is 10.0. The third-order valence-electron chi connectivity index (χ3n) is 6.86. The summed E-state index contributed by atoms with van der Waals surface area (Å²) < 4.78 is 9.24. The molecule has 178 valence electrons. The minimum absolute atomic E-state index is 0.0336. The van der Waals surface area contributed by atoms with Gasteiger partial charge in [-0.05, 0) is 66.6 Å². The molecule has 0 radical (unpaired) electrons. The number of hydrogen-bond acceptors (Lipinski definition) is 6. The fraction of sp³-hybridized carbons (Fsp3) is 0.333. The Labute approximate surface area is 205 Å². The second-order valence-electron chi connectivity index (χ2n) is 9.15. The summed E-state index contributed by atoms with van der Waals surface area (Å²) in [6.45, 7) is 2.76. The van der Waals surface area contributed by atoms with Crippen LogP contribution in [0.15, 0.2) is 61.6 Å². The van der Waals surface area contributed by atoms with Gasteiger partial charge in [-0.15, -0.1) is 10.2 Å². The zero-order chi connectivity index (χ0) is 23.9. The Balaban J connectivity index is 1.43. The summed E-state index contributed by atoms with van der Waals surface area (Å²) in [7, 11) is 0. The molecule has 1 aliphatic rings. The molecule has 0 N–H and O–H groups in total. The highest BCUT2D eigenvalue weighted by Gasteiger charge is 2.19. The number of aromatic nitrogens is 4. The van der Waals surface area contributed by atoms with Crippen LogP contribution in [0.5, 0.6) is 0 Å². The number of hydrogen-bond donors (Lipinski definition) is 0. The maximum Gasteiger partial charge on any atom is 0.336 e. The molecule has 0 aliphatic heterocycles. The summed E-state index contributed by atoms with van der Waals surface area (Å²) in [6, 6.07) is 13.4. The molecule has 35 heavy (non-hydrogen) atoms. The van der Waals surface area contributed by atoms with E-state index in [4.69, 9.17) is 4.42 Å². The van der Waals surface area contributed by atoms with Gasteiger partial charge in [-0.25, -0.2) is 4.79 Å². The topological polar surface area (TPSA) is 82.4 Å². The summed E-state index contributed by atoms with van der Waals surface area (Å²) >= 11 is 1.52. The molecule has 3 aromatic heterocycles. The van der Waals surface area contributed by atoms with Gasteiger partial charge in [0.25, 0.3) is 5.56 Å². The van der Waals surface area contributed by atoms with Crippen LogP contribution in [0.25, 0.3) is 27.6 Å². The van der Waals surface area contributed by atoms with Gasteiger partial charge >= 0.3 is 5.63 Å². The van der Waals surface area contributed by atoms with Crippen LogP contribution in [0.4, 0.5) is 0 Å². The molecule has 6 rings (SSSR count). The first-order chi connectivity index (χ1) is 17.1. The number of para-hydroxylation sites is 1. The number of unbranched alkanes of at least 4 members (excludes halogenated alkanes) is 2. The van der Waals surface area contributed by atoms with Crippen LogP contribution in [0, 0.1) is 0 Å². The molecule has 2 aromatic carbocycles. The highest BCUT2D eigenvalue weighted by atomic mass is 32.2. The van der Waals surface area contributed by atoms with E-state index in [0.29, 0.717) is 34.2 Å². The van der Waals surface area contributed by atoms with Crippen molar-refractivity contribution in [3.05, 3.63) is 79.9 Å². The maximum atomic E-state index is 13.2. The Hall–Kier alpha value is -3.39. The lowest BCUT2D eigenvalue weighted by molar-refractivity contribution is 0.559. The Morgan fingerprint density at radius 2 is 1.83 bits per heavy atom. The van der Waals surface area contributed by atoms with Gasteiger partial charge in [0.2, 0.25) is 5.78 Å². The minimum atomic E-state index is -0.340. The third-order valence-corrected chi connectivity index (χ3v) is 7.84. The average molecular weight is 487 g/mol. The molecule has 0 amide bonds. The first-order valence-corrected chi connectivity index (χ1v) is 13.2. The number of rotatable bonds is 7. The lowest BCUT2D eigenvalue weighted by Gasteiger charge is -2.11. The SMILES string of the molecule is CCCCCn1c(=O)c2ccccc2n2c(SCc3cc(=O)oc4cc5c(cc34)CCC5)nnc12.